The van der Waals surface area contributed by atoms with Crippen LogP contribution < -0.4 is 10.0 Å². The molecule has 0 fully saturated rings. The van der Waals surface area contributed by atoms with Crippen molar-refractivity contribution in [3.8, 4) is 11.3 Å². The van der Waals surface area contributed by atoms with Gasteiger partial charge in [-0.2, -0.15) is 0 Å². The maximum Gasteiger partial charge on any atom is 0.209 e. The smallest absolute Gasteiger partial charge is 0.209 e. The summed E-state index contributed by atoms with van der Waals surface area (Å²) in [6.07, 6.45) is 1.12. The van der Waals surface area contributed by atoms with Crippen LogP contribution in [0.4, 0.5) is 10.2 Å². The molecule has 0 bridgehead atoms. The zero-order valence-corrected chi connectivity index (χ0v) is 14.0. The third kappa shape index (κ3) is 5.57. The molecular formula is C15H19FN4O2S. The fourth-order valence-electron chi connectivity index (χ4n) is 2.05. The number of halogens is 1. The summed E-state index contributed by atoms with van der Waals surface area (Å²) < 4.78 is 38.0. The van der Waals surface area contributed by atoms with Gasteiger partial charge in [0.1, 0.15) is 11.6 Å². The van der Waals surface area contributed by atoms with Gasteiger partial charge in [-0.15, -0.1) is 10.2 Å². The second-order valence-corrected chi connectivity index (χ2v) is 7.67. The van der Waals surface area contributed by atoms with Gasteiger partial charge >= 0.3 is 0 Å². The van der Waals surface area contributed by atoms with Crippen molar-refractivity contribution in [2.75, 3.05) is 18.1 Å². The summed E-state index contributed by atoms with van der Waals surface area (Å²) in [5, 5.41) is 11.2. The second-order valence-electron chi connectivity index (χ2n) is 5.92. The number of anilines is 1. The topological polar surface area (TPSA) is 84.0 Å². The molecule has 23 heavy (non-hydrogen) atoms. The normalized spacial score (nSPS) is 12.2. The molecule has 1 aromatic carbocycles. The summed E-state index contributed by atoms with van der Waals surface area (Å²) in [4.78, 5) is 0. The maximum atomic E-state index is 12.9. The lowest BCUT2D eigenvalue weighted by Gasteiger charge is -2.25. The van der Waals surface area contributed by atoms with E-state index in [0.717, 1.165) is 11.8 Å². The Morgan fingerprint density at radius 3 is 2.26 bits per heavy atom. The van der Waals surface area contributed by atoms with Gasteiger partial charge in [-0.25, -0.2) is 17.5 Å². The molecule has 0 aliphatic rings. The summed E-state index contributed by atoms with van der Waals surface area (Å²) in [6, 6.07) is 9.49. The largest absolute Gasteiger partial charge is 0.367 e. The zero-order valence-electron chi connectivity index (χ0n) is 13.2. The van der Waals surface area contributed by atoms with Gasteiger partial charge in [0.2, 0.25) is 10.0 Å². The van der Waals surface area contributed by atoms with Crippen molar-refractivity contribution in [2.24, 2.45) is 0 Å². The Labute approximate surface area is 135 Å². The first-order chi connectivity index (χ1) is 10.6. The monoisotopic (exact) mass is 338 g/mol. The maximum absolute atomic E-state index is 12.9. The molecule has 0 radical (unpaired) electrons. The van der Waals surface area contributed by atoms with Gasteiger partial charge in [0.25, 0.3) is 0 Å². The highest BCUT2D eigenvalue weighted by molar-refractivity contribution is 7.88. The summed E-state index contributed by atoms with van der Waals surface area (Å²) in [6.45, 7) is 3.88. The minimum atomic E-state index is -3.29. The predicted molar refractivity (Wildman–Crippen MR) is 88.0 cm³/mol. The zero-order chi connectivity index (χ0) is 17.1. The molecule has 0 atom stereocenters. The van der Waals surface area contributed by atoms with Crippen LogP contribution in [0.3, 0.4) is 0 Å². The summed E-state index contributed by atoms with van der Waals surface area (Å²) in [7, 11) is -3.29. The third-order valence-corrected chi connectivity index (χ3v) is 3.90. The molecular weight excluding hydrogens is 319 g/mol. The second kappa shape index (κ2) is 6.59. The average molecular weight is 338 g/mol. The van der Waals surface area contributed by atoms with Crippen LogP contribution in [0.5, 0.6) is 0 Å². The van der Waals surface area contributed by atoms with E-state index >= 15 is 0 Å². The molecule has 0 aliphatic carbocycles. The van der Waals surface area contributed by atoms with Crippen LogP contribution in [-0.4, -0.2) is 37.0 Å². The molecule has 2 rings (SSSR count). The Hall–Kier alpha value is -2.06. The number of aromatic nitrogens is 2. The number of hydrogen-bond acceptors (Lipinski definition) is 5. The predicted octanol–water partition coefficient (Wildman–Crippen LogP) is 2.02. The lowest BCUT2D eigenvalue weighted by molar-refractivity contribution is 0.475. The van der Waals surface area contributed by atoms with Crippen molar-refractivity contribution in [3.05, 3.63) is 42.2 Å². The van der Waals surface area contributed by atoms with E-state index < -0.39 is 15.6 Å². The van der Waals surface area contributed by atoms with Crippen molar-refractivity contribution in [2.45, 2.75) is 19.4 Å². The highest BCUT2D eigenvalue weighted by atomic mass is 32.2. The third-order valence-electron chi connectivity index (χ3n) is 2.98. The fourth-order valence-corrected chi connectivity index (χ4v) is 3.13. The van der Waals surface area contributed by atoms with Crippen molar-refractivity contribution in [1.82, 2.24) is 14.9 Å². The van der Waals surface area contributed by atoms with Gasteiger partial charge in [0.05, 0.1) is 11.9 Å². The van der Waals surface area contributed by atoms with Crippen molar-refractivity contribution >= 4 is 15.8 Å². The van der Waals surface area contributed by atoms with E-state index in [0.29, 0.717) is 18.1 Å². The molecule has 0 unspecified atom stereocenters. The Bertz CT molecular complexity index is 759. The molecule has 8 heteroatoms. The van der Waals surface area contributed by atoms with Crippen LogP contribution in [0.1, 0.15) is 13.8 Å². The molecule has 1 aromatic heterocycles. The highest BCUT2D eigenvalue weighted by Crippen LogP contribution is 2.17. The van der Waals surface area contributed by atoms with Crippen molar-refractivity contribution < 1.29 is 12.8 Å². The van der Waals surface area contributed by atoms with Crippen LogP contribution in [0, 0.1) is 5.82 Å². The van der Waals surface area contributed by atoms with E-state index in [2.05, 4.69) is 20.2 Å². The Kier molecular flexibility index (Phi) is 4.96. The molecule has 0 amide bonds. The number of rotatable bonds is 6. The quantitative estimate of drug-likeness (QED) is 0.842. The molecule has 0 aliphatic heterocycles. The van der Waals surface area contributed by atoms with E-state index in [1.165, 1.54) is 12.1 Å². The number of benzene rings is 1. The SMILES string of the molecule is CC(C)(CNc1ccc(-c2ccc(F)cc2)nn1)NS(C)(=O)=O. The number of sulfonamides is 1. The molecule has 0 spiro atoms. The Morgan fingerprint density at radius 1 is 1.09 bits per heavy atom. The van der Waals surface area contributed by atoms with Gasteiger partial charge in [0.15, 0.2) is 0 Å². The van der Waals surface area contributed by atoms with Crippen molar-refractivity contribution in [1.29, 1.82) is 0 Å². The standard InChI is InChI=1S/C15H19FN4O2S/c1-15(2,20-23(3,21)22)10-17-14-9-8-13(18-19-14)11-4-6-12(16)7-5-11/h4-9,20H,10H2,1-3H3,(H,17,19). The van der Waals surface area contributed by atoms with Crippen LogP contribution in [0.15, 0.2) is 36.4 Å². The van der Waals surface area contributed by atoms with Crippen LogP contribution in [-0.2, 0) is 10.0 Å². The van der Waals surface area contributed by atoms with Gasteiger partial charge < -0.3 is 5.32 Å². The summed E-state index contributed by atoms with van der Waals surface area (Å²) >= 11 is 0. The molecule has 124 valence electrons. The highest BCUT2D eigenvalue weighted by Gasteiger charge is 2.21. The first-order valence-electron chi connectivity index (χ1n) is 6.97. The number of nitrogens with one attached hydrogen (secondary N) is 2. The fraction of sp³-hybridized carbons (Fsp3) is 0.333. The lowest BCUT2D eigenvalue weighted by Crippen LogP contribution is -2.47. The molecule has 0 saturated heterocycles. The summed E-state index contributed by atoms with van der Waals surface area (Å²) in [5.41, 5.74) is 0.735. The molecule has 0 saturated carbocycles. The first kappa shape index (κ1) is 17.3. The molecule has 2 N–H and O–H groups in total. The van der Waals surface area contributed by atoms with Crippen LogP contribution in [0.25, 0.3) is 11.3 Å². The van der Waals surface area contributed by atoms with E-state index in [9.17, 15) is 12.8 Å². The number of hydrogen-bond donors (Lipinski definition) is 2. The van der Waals surface area contributed by atoms with E-state index in [1.54, 1.807) is 38.1 Å². The van der Waals surface area contributed by atoms with Gasteiger partial charge in [-0.05, 0) is 50.2 Å². The Morgan fingerprint density at radius 2 is 1.74 bits per heavy atom. The minimum absolute atomic E-state index is 0.305. The van der Waals surface area contributed by atoms with Crippen LogP contribution >= 0.6 is 0 Å². The van der Waals surface area contributed by atoms with E-state index in [-0.39, 0.29) is 5.82 Å². The average Bonchev–Trinajstić information content (AvgIpc) is 2.44. The first-order valence-corrected chi connectivity index (χ1v) is 8.86. The van der Waals surface area contributed by atoms with E-state index in [1.807, 2.05) is 0 Å². The number of nitrogens with zero attached hydrogens (tertiary/aromatic N) is 2. The van der Waals surface area contributed by atoms with Crippen LogP contribution in [0.2, 0.25) is 0 Å². The molecule has 2 aromatic rings. The Balaban J connectivity index is 2.01. The minimum Gasteiger partial charge on any atom is -0.367 e. The van der Waals surface area contributed by atoms with Gasteiger partial charge in [-0.1, -0.05) is 0 Å². The van der Waals surface area contributed by atoms with Gasteiger partial charge in [0, 0.05) is 17.6 Å². The molecule has 6 nitrogen and oxygen atoms in total. The summed E-state index contributed by atoms with van der Waals surface area (Å²) in [5.74, 6) is 0.222. The van der Waals surface area contributed by atoms with Gasteiger partial charge in [-0.3, -0.25) is 0 Å². The lowest BCUT2D eigenvalue weighted by atomic mass is 10.1. The van der Waals surface area contributed by atoms with E-state index in [4.69, 9.17) is 0 Å². The molecule has 1 heterocycles. The van der Waals surface area contributed by atoms with Crippen molar-refractivity contribution in [3.63, 3.8) is 0 Å².